The van der Waals surface area contributed by atoms with Crippen LogP contribution >= 0.6 is 0 Å². The Morgan fingerprint density at radius 2 is 1.95 bits per heavy atom. The van der Waals surface area contributed by atoms with Gasteiger partial charge in [-0.05, 0) is 46.1 Å². The molecule has 0 unspecified atom stereocenters. The molecule has 1 atom stereocenters. The quantitative estimate of drug-likeness (QED) is 0.837. The topological polar surface area (TPSA) is 35.6 Å². The first kappa shape index (κ1) is 14.8. The van der Waals surface area contributed by atoms with Crippen molar-refractivity contribution in [1.29, 1.82) is 0 Å². The van der Waals surface area contributed by atoms with Gasteiger partial charge in [0.2, 0.25) is 5.91 Å². The predicted octanol–water partition coefficient (Wildman–Crippen LogP) is 1.32. The van der Waals surface area contributed by atoms with Crippen LogP contribution in [0.3, 0.4) is 0 Å². The molecule has 2 aliphatic heterocycles. The van der Waals surface area contributed by atoms with Gasteiger partial charge in [-0.1, -0.05) is 0 Å². The fourth-order valence-electron chi connectivity index (χ4n) is 3.32. The van der Waals surface area contributed by atoms with Gasteiger partial charge in [0, 0.05) is 38.8 Å². The number of likely N-dealkylation sites (tertiary alicyclic amines) is 1. The Balaban J connectivity index is 1.83. The molecule has 2 aliphatic rings. The zero-order valence-corrected chi connectivity index (χ0v) is 12.7. The lowest BCUT2D eigenvalue weighted by molar-refractivity contribution is -0.137. The number of nitrogens with zero attached hydrogens (tertiary/aromatic N) is 2. The summed E-state index contributed by atoms with van der Waals surface area (Å²) in [6.07, 6.45) is 4.44. The highest BCUT2D eigenvalue weighted by atomic mass is 16.2. The summed E-state index contributed by atoms with van der Waals surface area (Å²) in [5, 5.41) is 3.34. The molecule has 2 fully saturated rings. The number of hydrogen-bond donors (Lipinski definition) is 1. The van der Waals surface area contributed by atoms with Crippen molar-refractivity contribution in [1.82, 2.24) is 15.1 Å². The van der Waals surface area contributed by atoms with Crippen LogP contribution < -0.4 is 5.32 Å². The lowest BCUT2D eigenvalue weighted by Crippen LogP contribution is -2.50. The molecule has 19 heavy (non-hydrogen) atoms. The second-order valence-corrected chi connectivity index (χ2v) is 6.35. The maximum absolute atomic E-state index is 12.5. The number of carbonyl (C=O) groups is 1. The molecule has 4 nitrogen and oxygen atoms in total. The Bertz CT molecular complexity index is 292. The van der Waals surface area contributed by atoms with Gasteiger partial charge in [-0.25, -0.2) is 0 Å². The minimum absolute atomic E-state index is 0.210. The Hall–Kier alpha value is -0.610. The van der Waals surface area contributed by atoms with Crippen molar-refractivity contribution in [3.63, 3.8) is 0 Å². The van der Waals surface area contributed by atoms with Crippen molar-refractivity contribution < 1.29 is 4.79 Å². The average Bonchev–Trinajstić information content (AvgIpc) is 2.46. The van der Waals surface area contributed by atoms with Gasteiger partial charge in [0.05, 0.1) is 5.92 Å². The summed E-state index contributed by atoms with van der Waals surface area (Å²) in [5.41, 5.74) is 0. The zero-order chi connectivity index (χ0) is 13.8. The fourth-order valence-corrected chi connectivity index (χ4v) is 3.32. The monoisotopic (exact) mass is 267 g/mol. The van der Waals surface area contributed by atoms with E-state index < -0.39 is 0 Å². The maximum atomic E-state index is 12.5. The summed E-state index contributed by atoms with van der Waals surface area (Å²) in [6.45, 7) is 8.70. The van der Waals surface area contributed by atoms with E-state index in [2.05, 4.69) is 24.1 Å². The van der Waals surface area contributed by atoms with Gasteiger partial charge < -0.3 is 15.1 Å². The normalized spacial score (nSPS) is 26.6. The molecule has 0 spiro atoms. The smallest absolute Gasteiger partial charge is 0.226 e. The molecule has 1 N–H and O–H groups in total. The third-order valence-corrected chi connectivity index (χ3v) is 4.77. The maximum Gasteiger partial charge on any atom is 0.226 e. The number of hydrogen-bond acceptors (Lipinski definition) is 3. The first-order valence-electron chi connectivity index (χ1n) is 7.81. The van der Waals surface area contributed by atoms with Gasteiger partial charge in [0.15, 0.2) is 0 Å². The minimum atomic E-state index is 0.210. The highest BCUT2D eigenvalue weighted by Gasteiger charge is 2.30. The molecule has 2 saturated heterocycles. The number of carbonyl (C=O) groups excluding carboxylic acids is 1. The summed E-state index contributed by atoms with van der Waals surface area (Å²) in [5.74, 6) is 0.567. The summed E-state index contributed by atoms with van der Waals surface area (Å²) in [4.78, 5) is 17.0. The van der Waals surface area contributed by atoms with Crippen LogP contribution in [-0.2, 0) is 4.79 Å². The van der Waals surface area contributed by atoms with Crippen LogP contribution in [0, 0.1) is 5.92 Å². The van der Waals surface area contributed by atoms with Crippen molar-refractivity contribution in [2.75, 3.05) is 33.2 Å². The van der Waals surface area contributed by atoms with Crippen molar-refractivity contribution >= 4 is 5.91 Å². The summed E-state index contributed by atoms with van der Waals surface area (Å²) in [7, 11) is 2.01. The van der Waals surface area contributed by atoms with Crippen molar-refractivity contribution in [2.24, 2.45) is 5.92 Å². The molecule has 0 aromatic carbocycles. The Kier molecular flexibility index (Phi) is 5.22. The largest absolute Gasteiger partial charge is 0.342 e. The Morgan fingerprint density at radius 3 is 2.47 bits per heavy atom. The number of nitrogens with one attached hydrogen (secondary N) is 1. The average molecular weight is 267 g/mol. The van der Waals surface area contributed by atoms with E-state index in [1.54, 1.807) is 0 Å². The minimum Gasteiger partial charge on any atom is -0.342 e. The van der Waals surface area contributed by atoms with Crippen LogP contribution in [0.5, 0.6) is 0 Å². The number of amides is 1. The van der Waals surface area contributed by atoms with Crippen LogP contribution in [0.1, 0.15) is 39.5 Å². The molecule has 0 bridgehead atoms. The van der Waals surface area contributed by atoms with Crippen molar-refractivity contribution in [3.05, 3.63) is 0 Å². The molecule has 0 aromatic rings. The number of piperidine rings is 2. The van der Waals surface area contributed by atoms with Gasteiger partial charge >= 0.3 is 0 Å². The van der Waals surface area contributed by atoms with Gasteiger partial charge in [-0.3, -0.25) is 4.79 Å². The Morgan fingerprint density at radius 1 is 1.26 bits per heavy atom. The summed E-state index contributed by atoms with van der Waals surface area (Å²) in [6, 6.07) is 1.08. The molecule has 1 amide bonds. The molecule has 0 aromatic heterocycles. The van der Waals surface area contributed by atoms with Crippen LogP contribution in [0.25, 0.3) is 0 Å². The molecular formula is C15H29N3O. The predicted molar refractivity (Wildman–Crippen MR) is 78.1 cm³/mol. The van der Waals surface area contributed by atoms with E-state index in [0.29, 0.717) is 18.0 Å². The fraction of sp³-hybridized carbons (Fsp3) is 0.933. The van der Waals surface area contributed by atoms with Gasteiger partial charge in [0.1, 0.15) is 0 Å². The molecule has 110 valence electrons. The van der Waals surface area contributed by atoms with Crippen LogP contribution in [0.2, 0.25) is 0 Å². The molecule has 4 heteroatoms. The van der Waals surface area contributed by atoms with E-state index in [9.17, 15) is 4.79 Å². The van der Waals surface area contributed by atoms with E-state index in [0.717, 1.165) is 51.9 Å². The molecule has 2 heterocycles. The van der Waals surface area contributed by atoms with Crippen LogP contribution in [0.15, 0.2) is 0 Å². The zero-order valence-electron chi connectivity index (χ0n) is 12.7. The molecule has 2 rings (SSSR count). The number of rotatable bonds is 3. The first-order valence-corrected chi connectivity index (χ1v) is 7.81. The van der Waals surface area contributed by atoms with E-state index in [4.69, 9.17) is 0 Å². The Labute approximate surface area is 117 Å². The summed E-state index contributed by atoms with van der Waals surface area (Å²) >= 11 is 0. The second kappa shape index (κ2) is 6.71. The molecule has 0 aliphatic carbocycles. The highest BCUT2D eigenvalue weighted by Crippen LogP contribution is 2.20. The molecular weight excluding hydrogens is 238 g/mol. The highest BCUT2D eigenvalue weighted by molar-refractivity contribution is 5.79. The van der Waals surface area contributed by atoms with Crippen molar-refractivity contribution in [2.45, 2.75) is 51.6 Å². The lowest BCUT2D eigenvalue weighted by Gasteiger charge is -2.40. The van der Waals surface area contributed by atoms with Crippen molar-refractivity contribution in [3.8, 4) is 0 Å². The first-order chi connectivity index (χ1) is 9.09. The third kappa shape index (κ3) is 3.69. The summed E-state index contributed by atoms with van der Waals surface area (Å²) < 4.78 is 0. The van der Waals surface area contributed by atoms with E-state index in [1.165, 1.54) is 0 Å². The standard InChI is InChI=1S/C15H29N3O/c1-12(2)18-9-6-14(7-10-18)17(3)15(19)13-5-4-8-16-11-13/h12-14,16H,4-11H2,1-3H3/t13-/m0/s1. The van der Waals surface area contributed by atoms with E-state index in [1.807, 2.05) is 11.9 Å². The van der Waals surface area contributed by atoms with Crippen LogP contribution in [0.4, 0.5) is 0 Å². The van der Waals surface area contributed by atoms with E-state index >= 15 is 0 Å². The SMILES string of the molecule is CC(C)N1CCC(N(C)C(=O)[C@H]2CCCNC2)CC1. The molecule has 0 radical (unpaired) electrons. The van der Waals surface area contributed by atoms with Gasteiger partial charge in [-0.2, -0.15) is 0 Å². The van der Waals surface area contributed by atoms with E-state index in [-0.39, 0.29) is 5.92 Å². The molecule has 0 saturated carbocycles. The lowest BCUT2D eigenvalue weighted by atomic mass is 9.95. The third-order valence-electron chi connectivity index (χ3n) is 4.77. The second-order valence-electron chi connectivity index (χ2n) is 6.35. The van der Waals surface area contributed by atoms with Gasteiger partial charge in [0.25, 0.3) is 0 Å². The van der Waals surface area contributed by atoms with Crippen LogP contribution in [-0.4, -0.2) is 61.0 Å². The van der Waals surface area contributed by atoms with Gasteiger partial charge in [-0.15, -0.1) is 0 Å².